The molecule has 0 atom stereocenters. The van der Waals surface area contributed by atoms with Crippen LogP contribution in [0.2, 0.25) is 0 Å². The maximum Gasteiger partial charge on any atom is 0.336 e. The van der Waals surface area contributed by atoms with Crippen molar-refractivity contribution < 1.29 is 14.4 Å². The molecule has 0 aliphatic carbocycles. The highest BCUT2D eigenvalue weighted by molar-refractivity contribution is 5.98. The largest absolute Gasteiger partial charge is 0.481 e. The van der Waals surface area contributed by atoms with Gasteiger partial charge in [0.1, 0.15) is 22.6 Å². The number of hydrogen-bond acceptors (Lipinski definition) is 5. The van der Waals surface area contributed by atoms with Crippen LogP contribution in [0.1, 0.15) is 19.4 Å². The Morgan fingerprint density at radius 1 is 1.26 bits per heavy atom. The predicted octanol–water partition coefficient (Wildman–Crippen LogP) is 2.34. The molecule has 1 aliphatic rings. The van der Waals surface area contributed by atoms with Crippen molar-refractivity contribution in [1.29, 1.82) is 0 Å². The summed E-state index contributed by atoms with van der Waals surface area (Å²) in [5.41, 5.74) is 0.640. The minimum atomic E-state index is -0.676. The predicted molar refractivity (Wildman–Crippen MR) is 70.1 cm³/mol. The molecule has 19 heavy (non-hydrogen) atoms. The third kappa shape index (κ3) is 1.78. The summed E-state index contributed by atoms with van der Waals surface area (Å²) in [7, 11) is 0. The summed E-state index contributed by atoms with van der Waals surface area (Å²) >= 11 is 0. The molecule has 2 heterocycles. The summed E-state index contributed by atoms with van der Waals surface area (Å²) in [6, 6.07) is 6.77. The molecule has 0 spiro atoms. The van der Waals surface area contributed by atoms with Crippen molar-refractivity contribution in [1.82, 2.24) is 0 Å². The second kappa shape index (κ2) is 3.85. The summed E-state index contributed by atoms with van der Waals surface area (Å²) in [5.74, 6) is 0.652. The highest BCUT2D eigenvalue weighted by Crippen LogP contribution is 2.35. The Morgan fingerprint density at radius 2 is 2.00 bits per heavy atom. The zero-order chi connectivity index (χ0) is 13.6. The van der Waals surface area contributed by atoms with Crippen LogP contribution in [-0.4, -0.2) is 16.5 Å². The smallest absolute Gasteiger partial charge is 0.336 e. The van der Waals surface area contributed by atoms with Gasteiger partial charge >= 0.3 is 5.63 Å². The maximum atomic E-state index is 11.4. The van der Waals surface area contributed by atoms with Crippen molar-refractivity contribution in [3.63, 3.8) is 0 Å². The fourth-order valence-corrected chi connectivity index (χ4v) is 2.30. The van der Waals surface area contributed by atoms with Gasteiger partial charge in [-0.25, -0.2) is 4.79 Å². The van der Waals surface area contributed by atoms with Gasteiger partial charge in [0.25, 0.3) is 0 Å². The van der Waals surface area contributed by atoms with Gasteiger partial charge in [0.05, 0.1) is 0 Å². The first kappa shape index (κ1) is 11.8. The van der Waals surface area contributed by atoms with E-state index in [1.165, 1.54) is 6.07 Å². The monoisotopic (exact) mass is 259 g/mol. The lowest BCUT2D eigenvalue weighted by atomic mass is 9.91. The molecule has 0 unspecified atom stereocenters. The van der Waals surface area contributed by atoms with E-state index >= 15 is 0 Å². The third-order valence-corrected chi connectivity index (χ3v) is 3.37. The molecule has 1 aromatic heterocycles. The third-order valence-electron chi connectivity index (χ3n) is 3.37. The second-order valence-electron chi connectivity index (χ2n) is 5.05. The van der Waals surface area contributed by atoms with Crippen LogP contribution in [-0.2, 0) is 6.42 Å². The Morgan fingerprint density at radius 3 is 2.74 bits per heavy atom. The van der Waals surface area contributed by atoms with Crippen LogP contribution < -0.4 is 10.4 Å². The normalized spacial score (nSPS) is 19.2. The van der Waals surface area contributed by atoms with Gasteiger partial charge in [-0.15, -0.1) is 0 Å². The Bertz CT molecular complexity index is 743. The van der Waals surface area contributed by atoms with Crippen molar-refractivity contribution in [2.75, 3.05) is 0 Å². The first-order chi connectivity index (χ1) is 9.01. The first-order valence-electron chi connectivity index (χ1n) is 5.97. The summed E-state index contributed by atoms with van der Waals surface area (Å²) in [5, 5.41) is 13.2. The SMILES string of the molecule is CC1(C)Oc2ccc3ccc(=O)oc3c2CC1=NO. The number of rotatable bonds is 0. The van der Waals surface area contributed by atoms with Gasteiger partial charge in [-0.05, 0) is 32.0 Å². The van der Waals surface area contributed by atoms with E-state index < -0.39 is 11.2 Å². The molecule has 5 heteroatoms. The molecule has 0 fully saturated rings. The van der Waals surface area contributed by atoms with Gasteiger partial charge < -0.3 is 14.4 Å². The van der Waals surface area contributed by atoms with Crippen LogP contribution >= 0.6 is 0 Å². The van der Waals surface area contributed by atoms with E-state index in [9.17, 15) is 4.79 Å². The average Bonchev–Trinajstić information content (AvgIpc) is 2.36. The fourth-order valence-electron chi connectivity index (χ4n) is 2.30. The molecule has 0 saturated heterocycles. The van der Waals surface area contributed by atoms with Crippen LogP contribution in [0.3, 0.4) is 0 Å². The number of benzene rings is 1. The molecule has 1 aliphatic heterocycles. The molecule has 1 aromatic carbocycles. The lowest BCUT2D eigenvalue weighted by Crippen LogP contribution is -2.42. The first-order valence-corrected chi connectivity index (χ1v) is 5.97. The van der Waals surface area contributed by atoms with Crippen molar-refractivity contribution in [2.24, 2.45) is 5.16 Å². The highest BCUT2D eigenvalue weighted by Gasteiger charge is 2.35. The van der Waals surface area contributed by atoms with Crippen molar-refractivity contribution in [2.45, 2.75) is 25.9 Å². The summed E-state index contributed by atoms with van der Waals surface area (Å²) < 4.78 is 11.1. The van der Waals surface area contributed by atoms with Crippen LogP contribution in [0.5, 0.6) is 5.75 Å². The summed E-state index contributed by atoms with van der Waals surface area (Å²) in [6.07, 6.45) is 0.392. The molecule has 0 bridgehead atoms. The zero-order valence-electron chi connectivity index (χ0n) is 10.6. The van der Waals surface area contributed by atoms with Crippen LogP contribution in [0.25, 0.3) is 11.0 Å². The number of oxime groups is 1. The van der Waals surface area contributed by atoms with Gasteiger partial charge in [0, 0.05) is 23.4 Å². The van der Waals surface area contributed by atoms with E-state index in [0.717, 1.165) is 10.9 Å². The van der Waals surface area contributed by atoms with Crippen LogP contribution in [0, 0.1) is 0 Å². The van der Waals surface area contributed by atoms with E-state index in [1.54, 1.807) is 6.07 Å². The van der Waals surface area contributed by atoms with E-state index in [0.29, 0.717) is 23.5 Å². The number of nitrogens with zero attached hydrogens (tertiary/aromatic N) is 1. The van der Waals surface area contributed by atoms with Gasteiger partial charge in [-0.1, -0.05) is 5.16 Å². The van der Waals surface area contributed by atoms with Crippen molar-refractivity contribution in [3.05, 3.63) is 40.2 Å². The minimum absolute atomic E-state index is 0.392. The van der Waals surface area contributed by atoms with Gasteiger partial charge in [0.2, 0.25) is 0 Å². The van der Waals surface area contributed by atoms with E-state index in [4.69, 9.17) is 14.4 Å². The Kier molecular flexibility index (Phi) is 2.38. The quantitative estimate of drug-likeness (QED) is 0.448. The average molecular weight is 259 g/mol. The summed E-state index contributed by atoms with van der Waals surface area (Å²) in [6.45, 7) is 3.66. The lowest BCUT2D eigenvalue weighted by Gasteiger charge is -2.33. The molecule has 98 valence electrons. The van der Waals surface area contributed by atoms with Crippen LogP contribution in [0.4, 0.5) is 0 Å². The maximum absolute atomic E-state index is 11.4. The highest BCUT2D eigenvalue weighted by atomic mass is 16.5. The van der Waals surface area contributed by atoms with Gasteiger partial charge in [0.15, 0.2) is 0 Å². The molecule has 0 amide bonds. The Labute approximate surface area is 109 Å². The molecule has 0 saturated carbocycles. The topological polar surface area (TPSA) is 72.0 Å². The number of ether oxygens (including phenoxy) is 1. The fraction of sp³-hybridized carbons (Fsp3) is 0.286. The van der Waals surface area contributed by atoms with Crippen molar-refractivity contribution >= 4 is 16.7 Å². The second-order valence-corrected chi connectivity index (χ2v) is 5.05. The molecular weight excluding hydrogens is 246 g/mol. The van der Waals surface area contributed by atoms with E-state index in [1.807, 2.05) is 26.0 Å². The van der Waals surface area contributed by atoms with Crippen molar-refractivity contribution in [3.8, 4) is 5.75 Å². The molecule has 5 nitrogen and oxygen atoms in total. The van der Waals surface area contributed by atoms with Crippen LogP contribution in [0.15, 0.2) is 38.6 Å². The zero-order valence-corrected chi connectivity index (χ0v) is 10.6. The van der Waals surface area contributed by atoms with E-state index in [-0.39, 0.29) is 0 Å². The molecule has 3 rings (SSSR count). The Balaban J connectivity index is 2.29. The molecular formula is C14H13NO4. The van der Waals surface area contributed by atoms with Gasteiger partial charge in [-0.2, -0.15) is 0 Å². The summed E-state index contributed by atoms with van der Waals surface area (Å²) in [4.78, 5) is 11.4. The number of fused-ring (bicyclic) bond motifs is 3. The Hall–Kier alpha value is -2.30. The lowest BCUT2D eigenvalue weighted by molar-refractivity contribution is 0.163. The minimum Gasteiger partial charge on any atom is -0.481 e. The van der Waals surface area contributed by atoms with Gasteiger partial charge in [-0.3, -0.25) is 0 Å². The number of hydrogen-bond donors (Lipinski definition) is 1. The van der Waals surface area contributed by atoms with E-state index in [2.05, 4.69) is 5.16 Å². The molecule has 1 N–H and O–H groups in total. The molecule has 2 aromatic rings. The standard InChI is InChI=1S/C14H13NO4/c1-14(2)11(15-17)7-9-10(19-14)5-3-8-4-6-12(16)18-13(8)9/h3-6,17H,7H2,1-2H3. The molecule has 0 radical (unpaired) electrons.